The van der Waals surface area contributed by atoms with Crippen molar-refractivity contribution >= 4 is 12.0 Å². The predicted molar refractivity (Wildman–Crippen MR) is 59.7 cm³/mol. The van der Waals surface area contributed by atoms with Gasteiger partial charge in [-0.3, -0.25) is 0 Å². The van der Waals surface area contributed by atoms with E-state index < -0.39 is 24.1 Å². The van der Waals surface area contributed by atoms with Crippen LogP contribution in [-0.4, -0.2) is 45.8 Å². The number of aliphatic hydroxyl groups excluding tert-OH is 1. The summed E-state index contributed by atoms with van der Waals surface area (Å²) in [5.41, 5.74) is 0.787. The van der Waals surface area contributed by atoms with Crippen molar-refractivity contribution in [3.05, 3.63) is 24.2 Å². The lowest BCUT2D eigenvalue weighted by atomic mass is 10.2. The van der Waals surface area contributed by atoms with Crippen molar-refractivity contribution in [2.45, 2.75) is 25.1 Å². The highest BCUT2D eigenvalue weighted by Gasteiger charge is 2.38. The van der Waals surface area contributed by atoms with Gasteiger partial charge in [-0.2, -0.15) is 0 Å². The summed E-state index contributed by atoms with van der Waals surface area (Å²) in [5.74, 6) is -1.11. The Morgan fingerprint density at radius 1 is 1.56 bits per heavy atom. The van der Waals surface area contributed by atoms with Crippen molar-refractivity contribution in [1.82, 2.24) is 10.2 Å². The van der Waals surface area contributed by atoms with Gasteiger partial charge in [0.1, 0.15) is 6.04 Å². The summed E-state index contributed by atoms with van der Waals surface area (Å²) >= 11 is 0. The first-order chi connectivity index (χ1) is 8.58. The van der Waals surface area contributed by atoms with Crippen LogP contribution in [0.4, 0.5) is 4.79 Å². The van der Waals surface area contributed by atoms with Crippen LogP contribution >= 0.6 is 0 Å². The number of amides is 2. The number of carbonyl (C=O) groups is 2. The molecule has 1 aromatic rings. The topological polar surface area (TPSA) is 103 Å². The van der Waals surface area contributed by atoms with Crippen molar-refractivity contribution in [3.63, 3.8) is 0 Å². The van der Waals surface area contributed by atoms with E-state index in [1.807, 2.05) is 0 Å². The molecule has 18 heavy (non-hydrogen) atoms. The minimum Gasteiger partial charge on any atom is -0.480 e. The highest BCUT2D eigenvalue weighted by atomic mass is 16.4. The molecule has 1 fully saturated rings. The lowest BCUT2D eigenvalue weighted by Crippen LogP contribution is -2.45. The average Bonchev–Trinajstić information content (AvgIpc) is 2.94. The number of likely N-dealkylation sites (tertiary alicyclic amines) is 1. The second-order valence-corrected chi connectivity index (χ2v) is 4.19. The van der Waals surface area contributed by atoms with Crippen molar-refractivity contribution in [3.8, 4) is 0 Å². The van der Waals surface area contributed by atoms with Gasteiger partial charge in [0.25, 0.3) is 0 Å². The Hall–Kier alpha value is -2.02. The molecule has 1 aliphatic heterocycles. The minimum atomic E-state index is -1.11. The number of carboxylic acid groups (broad SMARTS) is 1. The lowest BCUT2D eigenvalue weighted by Gasteiger charge is -2.21. The van der Waals surface area contributed by atoms with E-state index in [1.165, 1.54) is 12.5 Å². The maximum Gasteiger partial charge on any atom is 0.326 e. The summed E-state index contributed by atoms with van der Waals surface area (Å²) in [6, 6.07) is 0.234. The molecule has 3 N–H and O–H groups in total. The number of furan rings is 1. The molecule has 0 aromatic carbocycles. The van der Waals surface area contributed by atoms with Crippen LogP contribution in [0.1, 0.15) is 12.0 Å². The first-order valence-corrected chi connectivity index (χ1v) is 5.54. The Bertz CT molecular complexity index is 431. The first kappa shape index (κ1) is 12.4. The summed E-state index contributed by atoms with van der Waals surface area (Å²) in [6.45, 7) is 0.294. The third kappa shape index (κ3) is 2.62. The molecule has 1 aliphatic rings. The van der Waals surface area contributed by atoms with Gasteiger partial charge < -0.3 is 24.8 Å². The molecule has 0 saturated carbocycles. The summed E-state index contributed by atoms with van der Waals surface area (Å²) in [5, 5.41) is 21.0. The normalized spacial score (nSPS) is 23.1. The number of urea groups is 1. The zero-order valence-electron chi connectivity index (χ0n) is 9.57. The highest BCUT2D eigenvalue weighted by molar-refractivity contribution is 5.83. The molecule has 0 aliphatic carbocycles. The highest BCUT2D eigenvalue weighted by Crippen LogP contribution is 2.18. The summed E-state index contributed by atoms with van der Waals surface area (Å²) in [7, 11) is 0. The van der Waals surface area contributed by atoms with Crippen molar-refractivity contribution in [2.75, 3.05) is 6.54 Å². The monoisotopic (exact) mass is 254 g/mol. The van der Waals surface area contributed by atoms with Gasteiger partial charge in [-0.15, -0.1) is 0 Å². The van der Waals surface area contributed by atoms with Crippen LogP contribution in [0.2, 0.25) is 0 Å². The van der Waals surface area contributed by atoms with Crippen LogP contribution in [0.15, 0.2) is 23.0 Å². The van der Waals surface area contributed by atoms with Gasteiger partial charge in [0.15, 0.2) is 0 Å². The average molecular weight is 254 g/mol. The summed E-state index contributed by atoms with van der Waals surface area (Å²) in [4.78, 5) is 23.9. The van der Waals surface area contributed by atoms with Gasteiger partial charge in [0, 0.05) is 25.1 Å². The molecule has 0 bridgehead atoms. The molecule has 2 atom stereocenters. The molecule has 0 unspecified atom stereocenters. The van der Waals surface area contributed by atoms with E-state index in [-0.39, 0.29) is 19.5 Å². The quantitative estimate of drug-likeness (QED) is 0.705. The van der Waals surface area contributed by atoms with Crippen LogP contribution in [0, 0.1) is 0 Å². The zero-order chi connectivity index (χ0) is 13.1. The number of β-amino-alcohol motifs (C(OH)–C–C–N with tert-alkyl or cyclic N) is 1. The fourth-order valence-electron chi connectivity index (χ4n) is 1.94. The molecule has 98 valence electrons. The van der Waals surface area contributed by atoms with Gasteiger partial charge in [-0.05, 0) is 6.07 Å². The number of hydrogen-bond acceptors (Lipinski definition) is 4. The van der Waals surface area contributed by atoms with Crippen LogP contribution in [0.3, 0.4) is 0 Å². The van der Waals surface area contributed by atoms with E-state index in [1.54, 1.807) is 6.07 Å². The number of carbonyl (C=O) groups excluding carboxylic acids is 1. The van der Waals surface area contributed by atoms with Crippen LogP contribution in [0.25, 0.3) is 0 Å². The van der Waals surface area contributed by atoms with E-state index >= 15 is 0 Å². The van der Waals surface area contributed by atoms with Crippen LogP contribution < -0.4 is 5.32 Å². The first-order valence-electron chi connectivity index (χ1n) is 5.54. The summed E-state index contributed by atoms with van der Waals surface area (Å²) in [6.07, 6.45) is 2.26. The maximum atomic E-state index is 11.8. The minimum absolute atomic E-state index is 0.0359. The van der Waals surface area contributed by atoms with Gasteiger partial charge in [-0.1, -0.05) is 0 Å². The molecule has 0 spiro atoms. The van der Waals surface area contributed by atoms with Crippen molar-refractivity contribution < 1.29 is 24.2 Å². The van der Waals surface area contributed by atoms with Crippen LogP contribution in [0.5, 0.6) is 0 Å². The molecule has 2 heterocycles. The zero-order valence-corrected chi connectivity index (χ0v) is 9.57. The molecule has 1 aromatic heterocycles. The number of nitrogens with zero attached hydrogens (tertiary/aromatic N) is 1. The summed E-state index contributed by atoms with van der Waals surface area (Å²) < 4.78 is 4.85. The molecular formula is C11H14N2O5. The second kappa shape index (κ2) is 5.09. The molecule has 2 rings (SSSR count). The Balaban J connectivity index is 1.93. The third-order valence-electron chi connectivity index (χ3n) is 2.85. The largest absolute Gasteiger partial charge is 0.480 e. The van der Waals surface area contributed by atoms with E-state index in [4.69, 9.17) is 9.52 Å². The van der Waals surface area contributed by atoms with Crippen LogP contribution in [-0.2, 0) is 11.3 Å². The number of rotatable bonds is 3. The van der Waals surface area contributed by atoms with Crippen molar-refractivity contribution in [2.24, 2.45) is 0 Å². The van der Waals surface area contributed by atoms with E-state index in [9.17, 15) is 14.7 Å². The third-order valence-corrected chi connectivity index (χ3v) is 2.85. The van der Waals surface area contributed by atoms with Gasteiger partial charge >= 0.3 is 12.0 Å². The van der Waals surface area contributed by atoms with Gasteiger partial charge in [0.05, 0.1) is 18.6 Å². The molecule has 7 heteroatoms. The van der Waals surface area contributed by atoms with Crippen molar-refractivity contribution in [1.29, 1.82) is 0 Å². The van der Waals surface area contributed by atoms with E-state index in [2.05, 4.69) is 5.32 Å². The van der Waals surface area contributed by atoms with Gasteiger partial charge in [0.2, 0.25) is 0 Å². The number of aliphatic carboxylic acids is 1. The molecule has 7 nitrogen and oxygen atoms in total. The SMILES string of the molecule is O=C(O)[C@@H]1C[C@@H](O)CN1C(=O)NCc1ccoc1. The fraction of sp³-hybridized carbons (Fsp3) is 0.455. The Kier molecular flexibility index (Phi) is 3.52. The Morgan fingerprint density at radius 2 is 2.33 bits per heavy atom. The van der Waals surface area contributed by atoms with E-state index in [0.29, 0.717) is 0 Å². The molecule has 0 radical (unpaired) electrons. The lowest BCUT2D eigenvalue weighted by molar-refractivity contribution is -0.141. The number of carboxylic acids is 1. The molecule has 2 amide bonds. The smallest absolute Gasteiger partial charge is 0.326 e. The predicted octanol–water partition coefficient (Wildman–Crippen LogP) is 0.00900. The fourth-order valence-corrected chi connectivity index (χ4v) is 1.94. The Morgan fingerprint density at radius 3 is 2.94 bits per heavy atom. The Labute approximate surface area is 103 Å². The molecule has 1 saturated heterocycles. The van der Waals surface area contributed by atoms with Gasteiger partial charge in [-0.25, -0.2) is 9.59 Å². The van der Waals surface area contributed by atoms with E-state index in [0.717, 1.165) is 10.5 Å². The maximum absolute atomic E-state index is 11.8. The number of aliphatic hydroxyl groups is 1. The molecular weight excluding hydrogens is 240 g/mol. The number of nitrogens with one attached hydrogen (secondary N) is 1. The second-order valence-electron chi connectivity index (χ2n) is 4.19. The number of hydrogen-bond donors (Lipinski definition) is 3. The standard InChI is InChI=1S/C11H14N2O5/c14-8-3-9(10(15)16)13(5-8)11(17)12-4-7-1-2-18-6-7/h1-2,6,8-9,14H,3-5H2,(H,12,17)(H,15,16)/t8-,9+/m1/s1.